The Morgan fingerprint density at radius 2 is 1.71 bits per heavy atom. The SMILES string of the molecule is CNC(C)Cc1ccc(-c2cc(OC)ccc2OC)cc1. The maximum absolute atomic E-state index is 5.45. The first kappa shape index (κ1) is 15.4. The maximum Gasteiger partial charge on any atom is 0.126 e. The van der Waals surface area contributed by atoms with Gasteiger partial charge in [0.25, 0.3) is 0 Å². The lowest BCUT2D eigenvalue weighted by Gasteiger charge is -2.13. The second-order valence-corrected chi connectivity index (χ2v) is 5.16. The molecule has 0 heterocycles. The molecule has 0 bridgehead atoms. The zero-order valence-electron chi connectivity index (χ0n) is 13.1. The van der Waals surface area contributed by atoms with Crippen LogP contribution < -0.4 is 14.8 Å². The van der Waals surface area contributed by atoms with Crippen molar-refractivity contribution in [1.82, 2.24) is 5.32 Å². The highest BCUT2D eigenvalue weighted by Crippen LogP contribution is 2.33. The quantitative estimate of drug-likeness (QED) is 0.881. The van der Waals surface area contributed by atoms with Gasteiger partial charge in [-0.2, -0.15) is 0 Å². The predicted molar refractivity (Wildman–Crippen MR) is 87.2 cm³/mol. The number of hydrogen-bond donors (Lipinski definition) is 1. The van der Waals surface area contributed by atoms with E-state index >= 15 is 0 Å². The summed E-state index contributed by atoms with van der Waals surface area (Å²) in [5.41, 5.74) is 3.50. The number of likely N-dealkylation sites (N-methyl/N-ethyl adjacent to an activating group) is 1. The van der Waals surface area contributed by atoms with Crippen LogP contribution in [0.25, 0.3) is 11.1 Å². The van der Waals surface area contributed by atoms with Crippen LogP contribution in [0.4, 0.5) is 0 Å². The van der Waals surface area contributed by atoms with Crippen LogP contribution in [0.15, 0.2) is 42.5 Å². The molecule has 0 spiro atoms. The van der Waals surface area contributed by atoms with Crippen molar-refractivity contribution in [1.29, 1.82) is 0 Å². The van der Waals surface area contributed by atoms with E-state index in [9.17, 15) is 0 Å². The maximum atomic E-state index is 5.45. The molecule has 2 aromatic rings. The number of rotatable bonds is 6. The smallest absolute Gasteiger partial charge is 0.126 e. The summed E-state index contributed by atoms with van der Waals surface area (Å²) in [7, 11) is 5.35. The van der Waals surface area contributed by atoms with Crippen molar-refractivity contribution in [2.75, 3.05) is 21.3 Å². The molecule has 0 saturated heterocycles. The van der Waals surface area contributed by atoms with Gasteiger partial charge in [0.2, 0.25) is 0 Å². The summed E-state index contributed by atoms with van der Waals surface area (Å²) in [6, 6.07) is 14.9. The minimum Gasteiger partial charge on any atom is -0.497 e. The summed E-state index contributed by atoms with van der Waals surface area (Å²) in [4.78, 5) is 0. The van der Waals surface area contributed by atoms with E-state index in [0.717, 1.165) is 29.0 Å². The predicted octanol–water partition coefficient (Wildman–Crippen LogP) is 3.52. The molecular formula is C18H23NO2. The van der Waals surface area contributed by atoms with Gasteiger partial charge in [-0.15, -0.1) is 0 Å². The monoisotopic (exact) mass is 285 g/mol. The van der Waals surface area contributed by atoms with E-state index < -0.39 is 0 Å². The summed E-state index contributed by atoms with van der Waals surface area (Å²) in [5.74, 6) is 1.69. The molecule has 1 unspecified atom stereocenters. The molecule has 0 fully saturated rings. The Hall–Kier alpha value is -2.00. The second-order valence-electron chi connectivity index (χ2n) is 5.16. The Labute approximate surface area is 126 Å². The lowest BCUT2D eigenvalue weighted by molar-refractivity contribution is 0.404. The third-order valence-electron chi connectivity index (χ3n) is 3.71. The van der Waals surface area contributed by atoms with Gasteiger partial charge in [-0.1, -0.05) is 24.3 Å². The molecule has 0 saturated carbocycles. The van der Waals surface area contributed by atoms with Gasteiger partial charge < -0.3 is 14.8 Å². The fourth-order valence-corrected chi connectivity index (χ4v) is 2.32. The summed E-state index contributed by atoms with van der Waals surface area (Å²) in [5, 5.41) is 3.26. The average Bonchev–Trinajstić information content (AvgIpc) is 2.54. The van der Waals surface area contributed by atoms with E-state index in [4.69, 9.17) is 9.47 Å². The van der Waals surface area contributed by atoms with Crippen molar-refractivity contribution in [3.8, 4) is 22.6 Å². The van der Waals surface area contributed by atoms with Crippen molar-refractivity contribution in [2.24, 2.45) is 0 Å². The van der Waals surface area contributed by atoms with Gasteiger partial charge in [0.15, 0.2) is 0 Å². The van der Waals surface area contributed by atoms with E-state index in [1.54, 1.807) is 14.2 Å². The molecule has 2 aromatic carbocycles. The summed E-state index contributed by atoms with van der Waals surface area (Å²) in [6.07, 6.45) is 1.02. The van der Waals surface area contributed by atoms with E-state index in [2.05, 4.69) is 36.5 Å². The molecule has 0 aliphatic rings. The first-order valence-electron chi connectivity index (χ1n) is 7.16. The van der Waals surface area contributed by atoms with Gasteiger partial charge in [-0.05, 0) is 49.7 Å². The number of hydrogen-bond acceptors (Lipinski definition) is 3. The van der Waals surface area contributed by atoms with Gasteiger partial charge in [-0.25, -0.2) is 0 Å². The fourth-order valence-electron chi connectivity index (χ4n) is 2.32. The highest BCUT2D eigenvalue weighted by atomic mass is 16.5. The molecule has 2 rings (SSSR count). The van der Waals surface area contributed by atoms with Crippen molar-refractivity contribution in [2.45, 2.75) is 19.4 Å². The number of ether oxygens (including phenoxy) is 2. The van der Waals surface area contributed by atoms with Crippen LogP contribution in [0.2, 0.25) is 0 Å². The van der Waals surface area contributed by atoms with Crippen LogP contribution in [-0.4, -0.2) is 27.3 Å². The topological polar surface area (TPSA) is 30.5 Å². The summed E-state index contributed by atoms with van der Waals surface area (Å²) in [6.45, 7) is 2.18. The zero-order valence-corrected chi connectivity index (χ0v) is 13.1. The molecule has 112 valence electrons. The van der Waals surface area contributed by atoms with Crippen molar-refractivity contribution in [3.63, 3.8) is 0 Å². The van der Waals surface area contributed by atoms with E-state index in [-0.39, 0.29) is 0 Å². The van der Waals surface area contributed by atoms with Crippen LogP contribution >= 0.6 is 0 Å². The fraction of sp³-hybridized carbons (Fsp3) is 0.333. The van der Waals surface area contributed by atoms with Gasteiger partial charge in [-0.3, -0.25) is 0 Å². The molecule has 1 N–H and O–H groups in total. The van der Waals surface area contributed by atoms with Gasteiger partial charge in [0.05, 0.1) is 14.2 Å². The number of nitrogens with one attached hydrogen (secondary N) is 1. The molecular weight excluding hydrogens is 262 g/mol. The first-order chi connectivity index (χ1) is 10.2. The Morgan fingerprint density at radius 3 is 2.29 bits per heavy atom. The molecule has 0 amide bonds. The second kappa shape index (κ2) is 7.14. The Morgan fingerprint density at radius 1 is 1.00 bits per heavy atom. The minimum atomic E-state index is 0.474. The molecule has 0 aliphatic carbocycles. The molecule has 3 nitrogen and oxygen atoms in total. The lowest BCUT2D eigenvalue weighted by atomic mass is 10.00. The molecule has 1 atom stereocenters. The van der Waals surface area contributed by atoms with Crippen LogP contribution in [-0.2, 0) is 6.42 Å². The van der Waals surface area contributed by atoms with Gasteiger partial charge in [0.1, 0.15) is 11.5 Å². The largest absolute Gasteiger partial charge is 0.497 e. The van der Waals surface area contributed by atoms with Crippen LogP contribution in [0, 0.1) is 0 Å². The Bertz CT molecular complexity index is 578. The molecule has 3 heteroatoms. The highest BCUT2D eigenvalue weighted by molar-refractivity contribution is 5.72. The lowest BCUT2D eigenvalue weighted by Crippen LogP contribution is -2.23. The minimum absolute atomic E-state index is 0.474. The average molecular weight is 285 g/mol. The van der Waals surface area contributed by atoms with E-state index in [1.165, 1.54) is 5.56 Å². The van der Waals surface area contributed by atoms with Crippen molar-refractivity contribution in [3.05, 3.63) is 48.0 Å². The third-order valence-corrected chi connectivity index (χ3v) is 3.71. The van der Waals surface area contributed by atoms with E-state index in [1.807, 2.05) is 25.2 Å². The number of methoxy groups -OCH3 is 2. The third kappa shape index (κ3) is 3.76. The van der Waals surface area contributed by atoms with Crippen LogP contribution in [0.1, 0.15) is 12.5 Å². The van der Waals surface area contributed by atoms with Crippen molar-refractivity contribution < 1.29 is 9.47 Å². The first-order valence-corrected chi connectivity index (χ1v) is 7.16. The molecule has 0 aromatic heterocycles. The van der Waals surface area contributed by atoms with Crippen LogP contribution in [0.5, 0.6) is 11.5 Å². The van der Waals surface area contributed by atoms with Crippen LogP contribution in [0.3, 0.4) is 0 Å². The normalized spacial score (nSPS) is 12.0. The summed E-state index contributed by atoms with van der Waals surface area (Å²) >= 11 is 0. The number of benzene rings is 2. The molecule has 0 radical (unpaired) electrons. The van der Waals surface area contributed by atoms with E-state index in [0.29, 0.717) is 6.04 Å². The zero-order chi connectivity index (χ0) is 15.2. The molecule has 21 heavy (non-hydrogen) atoms. The Kier molecular flexibility index (Phi) is 5.23. The highest BCUT2D eigenvalue weighted by Gasteiger charge is 2.08. The molecule has 0 aliphatic heterocycles. The van der Waals surface area contributed by atoms with Gasteiger partial charge >= 0.3 is 0 Å². The summed E-state index contributed by atoms with van der Waals surface area (Å²) < 4.78 is 10.7. The van der Waals surface area contributed by atoms with Crippen molar-refractivity contribution >= 4 is 0 Å². The van der Waals surface area contributed by atoms with Gasteiger partial charge in [0, 0.05) is 11.6 Å². The Balaban J connectivity index is 2.29. The standard InChI is InChI=1S/C18H23NO2/c1-13(19-2)11-14-5-7-15(8-6-14)17-12-16(20-3)9-10-18(17)21-4/h5-10,12-13,19H,11H2,1-4H3.